The summed E-state index contributed by atoms with van der Waals surface area (Å²) in [7, 11) is 0. The van der Waals surface area contributed by atoms with Gasteiger partial charge in [-0.15, -0.1) is 0 Å². The molecule has 110 valence electrons. The zero-order chi connectivity index (χ0) is 13.4. The molecule has 1 saturated carbocycles. The molecule has 1 N–H and O–H groups in total. The molecule has 0 radical (unpaired) electrons. The normalized spacial score (nSPS) is 27.6. The van der Waals surface area contributed by atoms with Crippen molar-refractivity contribution in [3.05, 3.63) is 12.0 Å². The number of anilines is 1. The quantitative estimate of drug-likeness (QED) is 0.905. The lowest BCUT2D eigenvalue weighted by atomic mass is 10.2. The molecule has 1 aromatic heterocycles. The number of hydrogen-bond donors (Lipinski definition) is 1. The van der Waals surface area contributed by atoms with Crippen LogP contribution in [0, 0.1) is 0 Å². The number of rotatable bonds is 4. The monoisotopic (exact) mass is 276 g/mol. The van der Waals surface area contributed by atoms with Gasteiger partial charge in [-0.3, -0.25) is 4.90 Å². The predicted octanol–water partition coefficient (Wildman–Crippen LogP) is 1.60. The minimum atomic E-state index is 0.706. The van der Waals surface area contributed by atoms with Crippen LogP contribution in [-0.4, -0.2) is 48.1 Å². The smallest absolute Gasteiger partial charge is 0.297 e. The third-order valence-corrected chi connectivity index (χ3v) is 4.76. The summed E-state index contributed by atoms with van der Waals surface area (Å²) in [4.78, 5) is 9.65. The molecule has 1 aromatic rings. The fourth-order valence-corrected chi connectivity index (χ4v) is 3.44. The predicted molar refractivity (Wildman–Crippen MR) is 77.8 cm³/mol. The van der Waals surface area contributed by atoms with Crippen LogP contribution in [0.1, 0.15) is 37.8 Å². The van der Waals surface area contributed by atoms with Crippen LogP contribution in [0.15, 0.2) is 10.7 Å². The summed E-state index contributed by atoms with van der Waals surface area (Å²) in [6.45, 7) is 5.51. The summed E-state index contributed by atoms with van der Waals surface area (Å²) in [6, 6.07) is 2.25. The van der Waals surface area contributed by atoms with Gasteiger partial charge in [-0.2, -0.15) is 4.98 Å². The molecular weight excluding hydrogens is 252 g/mol. The molecule has 0 aromatic carbocycles. The number of nitrogens with one attached hydrogen (secondary N) is 1. The first-order chi connectivity index (χ1) is 9.88. The molecule has 1 aliphatic carbocycles. The Hall–Kier alpha value is -1.07. The van der Waals surface area contributed by atoms with Crippen LogP contribution in [-0.2, 0) is 6.54 Å². The second kappa shape index (κ2) is 5.37. The molecule has 0 amide bonds. The van der Waals surface area contributed by atoms with E-state index in [-0.39, 0.29) is 0 Å². The third kappa shape index (κ3) is 2.69. The number of oxazole rings is 1. The topological polar surface area (TPSA) is 44.5 Å². The van der Waals surface area contributed by atoms with Crippen LogP contribution in [0.2, 0.25) is 0 Å². The van der Waals surface area contributed by atoms with Crippen LogP contribution in [0.25, 0.3) is 0 Å². The van der Waals surface area contributed by atoms with Crippen LogP contribution >= 0.6 is 0 Å². The van der Waals surface area contributed by atoms with E-state index in [1.807, 2.05) is 6.26 Å². The van der Waals surface area contributed by atoms with Gasteiger partial charge in [0.25, 0.3) is 6.01 Å². The van der Waals surface area contributed by atoms with Gasteiger partial charge in [-0.25, -0.2) is 0 Å². The molecule has 0 spiro atoms. The number of nitrogens with zero attached hydrogens (tertiary/aromatic N) is 3. The SMILES string of the molecule is c1oc(N2CCCN3CCCC3C2)nc1CNC1CC1. The van der Waals surface area contributed by atoms with Crippen molar-refractivity contribution in [1.29, 1.82) is 0 Å². The maximum absolute atomic E-state index is 5.72. The second-order valence-corrected chi connectivity index (χ2v) is 6.41. The van der Waals surface area contributed by atoms with E-state index in [9.17, 15) is 0 Å². The Balaban J connectivity index is 1.40. The molecule has 2 aliphatic heterocycles. The summed E-state index contributed by atoms with van der Waals surface area (Å²) in [5.41, 5.74) is 1.04. The van der Waals surface area contributed by atoms with Crippen molar-refractivity contribution in [2.75, 3.05) is 31.1 Å². The average Bonchev–Trinajstić information content (AvgIpc) is 3.07. The highest BCUT2D eigenvalue weighted by Gasteiger charge is 2.30. The lowest BCUT2D eigenvalue weighted by Gasteiger charge is -2.24. The molecule has 5 nitrogen and oxygen atoms in total. The fourth-order valence-electron chi connectivity index (χ4n) is 3.44. The van der Waals surface area contributed by atoms with Gasteiger partial charge in [0.2, 0.25) is 0 Å². The third-order valence-electron chi connectivity index (χ3n) is 4.76. The van der Waals surface area contributed by atoms with Gasteiger partial charge >= 0.3 is 0 Å². The molecule has 1 atom stereocenters. The highest BCUT2D eigenvalue weighted by atomic mass is 16.4. The van der Waals surface area contributed by atoms with Crippen molar-refractivity contribution >= 4 is 6.01 Å². The Morgan fingerprint density at radius 2 is 2.10 bits per heavy atom. The van der Waals surface area contributed by atoms with Gasteiger partial charge in [0.1, 0.15) is 6.26 Å². The fraction of sp³-hybridized carbons (Fsp3) is 0.800. The summed E-state index contributed by atoms with van der Waals surface area (Å²) in [5, 5.41) is 3.49. The van der Waals surface area contributed by atoms with E-state index in [0.29, 0.717) is 6.04 Å². The first kappa shape index (κ1) is 12.7. The zero-order valence-electron chi connectivity index (χ0n) is 12.1. The standard InChI is InChI=1S/C15H24N4O/c1-3-14-10-19(8-2-7-18(14)6-1)15-17-13(11-20-15)9-16-12-4-5-12/h11-12,14,16H,1-10H2. The first-order valence-electron chi connectivity index (χ1n) is 8.05. The van der Waals surface area contributed by atoms with Gasteiger partial charge in [0, 0.05) is 38.3 Å². The minimum absolute atomic E-state index is 0.706. The molecule has 3 aliphatic rings. The number of aromatic nitrogens is 1. The van der Waals surface area contributed by atoms with Crippen molar-refractivity contribution < 1.29 is 4.42 Å². The van der Waals surface area contributed by atoms with Crippen LogP contribution in [0.5, 0.6) is 0 Å². The van der Waals surface area contributed by atoms with Crippen LogP contribution < -0.4 is 10.2 Å². The van der Waals surface area contributed by atoms with Crippen molar-refractivity contribution in [3.63, 3.8) is 0 Å². The summed E-state index contributed by atoms with van der Waals surface area (Å²) in [5.74, 6) is 0. The van der Waals surface area contributed by atoms with E-state index in [4.69, 9.17) is 4.42 Å². The summed E-state index contributed by atoms with van der Waals surface area (Å²) >= 11 is 0. The Kier molecular flexibility index (Phi) is 3.40. The molecule has 0 bridgehead atoms. The summed E-state index contributed by atoms with van der Waals surface area (Å²) in [6.07, 6.45) is 8.34. The lowest BCUT2D eigenvalue weighted by molar-refractivity contribution is 0.272. The van der Waals surface area contributed by atoms with Crippen molar-refractivity contribution in [1.82, 2.24) is 15.2 Å². The van der Waals surface area contributed by atoms with Gasteiger partial charge in [-0.05, 0) is 38.6 Å². The zero-order valence-corrected chi connectivity index (χ0v) is 12.1. The molecule has 5 heteroatoms. The van der Waals surface area contributed by atoms with Gasteiger partial charge in [0.15, 0.2) is 0 Å². The minimum Gasteiger partial charge on any atom is -0.432 e. The molecular formula is C15H24N4O. The van der Waals surface area contributed by atoms with E-state index in [0.717, 1.165) is 37.4 Å². The Bertz CT molecular complexity index is 456. The van der Waals surface area contributed by atoms with Gasteiger partial charge in [0.05, 0.1) is 5.69 Å². The van der Waals surface area contributed by atoms with E-state index in [1.165, 1.54) is 45.2 Å². The molecule has 2 saturated heterocycles. The summed E-state index contributed by atoms with van der Waals surface area (Å²) < 4.78 is 5.72. The maximum Gasteiger partial charge on any atom is 0.297 e. The molecule has 3 heterocycles. The van der Waals surface area contributed by atoms with E-state index in [2.05, 4.69) is 20.1 Å². The van der Waals surface area contributed by atoms with Crippen LogP contribution in [0.4, 0.5) is 6.01 Å². The van der Waals surface area contributed by atoms with Gasteiger partial charge in [-0.1, -0.05) is 0 Å². The lowest BCUT2D eigenvalue weighted by Crippen LogP contribution is -2.36. The van der Waals surface area contributed by atoms with Crippen molar-refractivity contribution in [2.24, 2.45) is 0 Å². The van der Waals surface area contributed by atoms with Crippen molar-refractivity contribution in [3.8, 4) is 0 Å². The molecule has 3 fully saturated rings. The molecule has 20 heavy (non-hydrogen) atoms. The first-order valence-corrected chi connectivity index (χ1v) is 8.05. The number of hydrogen-bond acceptors (Lipinski definition) is 5. The second-order valence-electron chi connectivity index (χ2n) is 6.41. The number of fused-ring (bicyclic) bond motifs is 1. The van der Waals surface area contributed by atoms with E-state index < -0.39 is 0 Å². The van der Waals surface area contributed by atoms with Crippen molar-refractivity contribution in [2.45, 2.75) is 50.7 Å². The molecule has 4 rings (SSSR count). The van der Waals surface area contributed by atoms with E-state index in [1.54, 1.807) is 0 Å². The largest absolute Gasteiger partial charge is 0.432 e. The Morgan fingerprint density at radius 3 is 3.00 bits per heavy atom. The van der Waals surface area contributed by atoms with Gasteiger partial charge < -0.3 is 14.6 Å². The van der Waals surface area contributed by atoms with E-state index >= 15 is 0 Å². The highest BCUT2D eigenvalue weighted by Crippen LogP contribution is 2.25. The highest BCUT2D eigenvalue weighted by molar-refractivity contribution is 5.28. The molecule has 1 unspecified atom stereocenters. The Labute approximate surface area is 120 Å². The maximum atomic E-state index is 5.72. The average molecular weight is 276 g/mol. The Morgan fingerprint density at radius 1 is 1.20 bits per heavy atom. The van der Waals surface area contributed by atoms with Crippen LogP contribution in [0.3, 0.4) is 0 Å².